The molecule has 1 aromatic rings. The molecule has 16 heteroatoms. The molecule has 1 spiro atoms. The molecule has 2 saturated carbocycles. The lowest BCUT2D eigenvalue weighted by molar-refractivity contribution is -0.947. The SMILES string of the molecule is CC(=O)OC1(NC(=O)C(=Cc2ccccc2)C(F)(F)F)C=C(O)C2=C3C1O[C@H]1CCC[C@H]4[C@@H](C2)[N+](C)(CC2CC2)CC[C@]314.O=C(O)C(O)C(O)C(=O)O. The number of carboxylic acids is 2. The van der Waals surface area contributed by atoms with Crippen molar-refractivity contribution in [3.63, 3.8) is 0 Å². The summed E-state index contributed by atoms with van der Waals surface area (Å²) in [4.78, 5) is 45.6. The first-order valence-electron chi connectivity index (χ1n) is 17.7. The molecule has 2 bridgehead atoms. The molecule has 2 saturated heterocycles. The molecule has 1 aromatic carbocycles. The van der Waals surface area contributed by atoms with Gasteiger partial charge in [-0.25, -0.2) is 9.59 Å². The van der Waals surface area contributed by atoms with Gasteiger partial charge in [0.15, 0.2) is 12.2 Å². The summed E-state index contributed by atoms with van der Waals surface area (Å²) in [6, 6.07) is 8.03. The van der Waals surface area contributed by atoms with Gasteiger partial charge in [0.2, 0.25) is 5.72 Å². The maximum Gasteiger partial charge on any atom is 0.421 e. The highest BCUT2D eigenvalue weighted by molar-refractivity contribution is 6.00. The van der Waals surface area contributed by atoms with E-state index in [0.717, 1.165) is 73.3 Å². The van der Waals surface area contributed by atoms with Gasteiger partial charge in [-0.1, -0.05) is 36.8 Å². The van der Waals surface area contributed by atoms with Crippen LogP contribution in [0.5, 0.6) is 0 Å². The zero-order valence-corrected chi connectivity index (χ0v) is 29.2. The summed E-state index contributed by atoms with van der Waals surface area (Å²) in [5.41, 5.74) is -2.27. The number of likely N-dealkylation sites (tertiary alicyclic amines) is 1. The fourth-order valence-corrected chi connectivity index (χ4v) is 9.49. The van der Waals surface area contributed by atoms with Crippen molar-refractivity contribution in [2.45, 2.75) is 94.2 Å². The van der Waals surface area contributed by atoms with E-state index in [4.69, 9.17) is 29.9 Å². The van der Waals surface area contributed by atoms with Crippen LogP contribution in [0.3, 0.4) is 0 Å². The predicted molar refractivity (Wildman–Crippen MR) is 178 cm³/mol. The van der Waals surface area contributed by atoms with Gasteiger partial charge in [0.25, 0.3) is 5.91 Å². The van der Waals surface area contributed by atoms with E-state index in [2.05, 4.69) is 12.4 Å². The van der Waals surface area contributed by atoms with Crippen molar-refractivity contribution >= 4 is 29.9 Å². The van der Waals surface area contributed by atoms with Crippen molar-refractivity contribution in [1.82, 2.24) is 5.32 Å². The molecular weight excluding hydrogens is 705 g/mol. The van der Waals surface area contributed by atoms with E-state index >= 15 is 0 Å². The van der Waals surface area contributed by atoms with Crippen molar-refractivity contribution in [3.05, 3.63) is 64.4 Å². The maximum atomic E-state index is 14.3. The van der Waals surface area contributed by atoms with Gasteiger partial charge in [-0.3, -0.25) is 9.59 Å². The summed E-state index contributed by atoms with van der Waals surface area (Å²) in [6.07, 6.45) is -2.19. The van der Waals surface area contributed by atoms with E-state index in [0.29, 0.717) is 6.42 Å². The third kappa shape index (κ3) is 6.97. The number of halogens is 3. The summed E-state index contributed by atoms with van der Waals surface area (Å²) in [7, 11) is 2.34. The monoisotopic (exact) mass is 749 g/mol. The Morgan fingerprint density at radius 2 is 1.70 bits per heavy atom. The second-order valence-corrected chi connectivity index (χ2v) is 15.2. The second-order valence-electron chi connectivity index (χ2n) is 15.2. The smallest absolute Gasteiger partial charge is 0.421 e. The van der Waals surface area contributed by atoms with E-state index in [-0.39, 0.29) is 29.4 Å². The third-order valence-corrected chi connectivity index (χ3v) is 11.8. The minimum atomic E-state index is -5.00. The van der Waals surface area contributed by atoms with Crippen molar-refractivity contribution in [3.8, 4) is 0 Å². The normalized spacial score (nSPS) is 34.0. The van der Waals surface area contributed by atoms with Gasteiger partial charge in [-0.05, 0) is 42.9 Å². The van der Waals surface area contributed by atoms with Crippen molar-refractivity contribution in [1.29, 1.82) is 0 Å². The molecule has 6 N–H and O–H groups in total. The minimum absolute atomic E-state index is 0.161. The molecule has 4 fully saturated rings. The number of hydrogen-bond acceptors (Lipinski definition) is 9. The van der Waals surface area contributed by atoms with Gasteiger partial charge in [-0.15, -0.1) is 0 Å². The number of piperidine rings is 1. The number of ether oxygens (including phenoxy) is 2. The number of nitrogens with zero attached hydrogens (tertiary/aromatic N) is 1. The zero-order valence-electron chi connectivity index (χ0n) is 29.2. The number of allylic oxidation sites excluding steroid dienone is 1. The number of nitrogens with one attached hydrogen (secondary N) is 1. The van der Waals surface area contributed by atoms with Crippen molar-refractivity contribution in [2.24, 2.45) is 17.3 Å². The van der Waals surface area contributed by atoms with Crippen LogP contribution in [0.4, 0.5) is 13.2 Å². The lowest BCUT2D eigenvalue weighted by Gasteiger charge is -2.62. The first-order chi connectivity index (χ1) is 24.8. The van der Waals surface area contributed by atoms with E-state index in [9.17, 15) is 37.5 Å². The van der Waals surface area contributed by atoms with Crippen molar-refractivity contribution < 1.29 is 71.8 Å². The lowest BCUT2D eigenvalue weighted by Crippen LogP contribution is -2.69. The quantitative estimate of drug-likeness (QED) is 0.0938. The summed E-state index contributed by atoms with van der Waals surface area (Å²) in [5, 5.41) is 46.5. The molecule has 0 radical (unpaired) electrons. The first kappa shape index (κ1) is 38.5. The number of esters is 1. The number of benzene rings is 1. The zero-order chi connectivity index (χ0) is 38.7. The Kier molecular flexibility index (Phi) is 10.1. The van der Waals surface area contributed by atoms with Crippen LogP contribution in [0.25, 0.3) is 6.08 Å². The van der Waals surface area contributed by atoms with Crippen LogP contribution in [0.2, 0.25) is 0 Å². The number of aliphatic carboxylic acids is 2. The van der Waals surface area contributed by atoms with Gasteiger partial charge in [0.05, 0.1) is 32.3 Å². The van der Waals surface area contributed by atoms with Crippen LogP contribution in [0.15, 0.2) is 58.9 Å². The molecular formula is C37H44F3N2O11+. The molecule has 7 rings (SSSR count). The van der Waals surface area contributed by atoms with E-state index < -0.39 is 65.0 Å². The van der Waals surface area contributed by atoms with Crippen LogP contribution < -0.4 is 5.32 Å². The average Bonchev–Trinajstić information content (AvgIpc) is 3.82. The second kappa shape index (κ2) is 13.9. The van der Waals surface area contributed by atoms with E-state index in [1.54, 1.807) is 18.2 Å². The van der Waals surface area contributed by atoms with Crippen LogP contribution in [-0.2, 0) is 28.7 Å². The number of carbonyl (C=O) groups excluding carboxylic acids is 2. The Morgan fingerprint density at radius 1 is 1.06 bits per heavy atom. The highest BCUT2D eigenvalue weighted by atomic mass is 19.4. The lowest BCUT2D eigenvalue weighted by atomic mass is 9.50. The number of amides is 1. The maximum absolute atomic E-state index is 14.3. The Labute approximate surface area is 303 Å². The Balaban J connectivity index is 0.000000423. The molecule has 2 aliphatic heterocycles. The van der Waals surface area contributed by atoms with Crippen molar-refractivity contribution in [2.75, 3.05) is 20.1 Å². The van der Waals surface area contributed by atoms with Crippen LogP contribution in [0.1, 0.15) is 57.4 Å². The van der Waals surface area contributed by atoms with Gasteiger partial charge >= 0.3 is 24.1 Å². The number of hydrogen-bond donors (Lipinski definition) is 6. The van der Waals surface area contributed by atoms with Gasteiger partial charge in [0.1, 0.15) is 17.4 Å². The summed E-state index contributed by atoms with van der Waals surface area (Å²) in [5.74, 6) is -4.98. The Hall–Kier alpha value is -4.25. The molecule has 9 atom stereocenters. The number of carboxylic acid groups (broad SMARTS) is 2. The minimum Gasteiger partial charge on any atom is -0.508 e. The van der Waals surface area contributed by atoms with Gasteiger partial charge < -0.3 is 44.8 Å². The fourth-order valence-electron chi connectivity index (χ4n) is 9.49. The number of aliphatic hydroxyl groups is 3. The number of aliphatic hydroxyl groups excluding tert-OH is 3. The van der Waals surface area contributed by atoms with Crippen LogP contribution in [-0.4, -0.2) is 116 Å². The molecule has 1 amide bonds. The third-order valence-electron chi connectivity index (χ3n) is 11.8. The molecule has 2 heterocycles. The number of carbonyl (C=O) groups is 4. The molecule has 0 aromatic heterocycles. The summed E-state index contributed by atoms with van der Waals surface area (Å²) >= 11 is 0. The highest BCUT2D eigenvalue weighted by Gasteiger charge is 2.72. The average molecular weight is 750 g/mol. The molecule has 4 aliphatic carbocycles. The predicted octanol–water partition coefficient (Wildman–Crippen LogP) is 3.22. The van der Waals surface area contributed by atoms with Crippen LogP contribution >= 0.6 is 0 Å². The number of rotatable bonds is 9. The number of quaternary nitrogens is 1. The molecule has 6 aliphatic rings. The molecule has 53 heavy (non-hydrogen) atoms. The van der Waals surface area contributed by atoms with E-state index in [1.807, 2.05) is 0 Å². The highest BCUT2D eigenvalue weighted by Crippen LogP contribution is 2.68. The molecule has 13 nitrogen and oxygen atoms in total. The largest absolute Gasteiger partial charge is 0.508 e. The standard InChI is InChI=1S/C33H37F3N2O5.C4H6O6/c1-19(39)43-32(37-30(41)24(33(34,35)36)15-20-7-4-3-5-8-20)17-26(40)22-16-25-23-9-6-10-27-31(23,28(22)29(32)42-27)13-14-38(25,2)18-21-11-12-21;5-1(3(7)8)2(6)4(9)10/h3-5,7-8,15,17,21,23,25,27,29H,6,9-14,16,18H2,1-2H3,(H-,37,40,41);1-2,5-6H,(H,7,8)(H,9,10)/p+1/t23-,25+,27-,29?,31+,32?,38?;/m0./s1. The van der Waals surface area contributed by atoms with Gasteiger partial charge in [-0.2, -0.15) is 13.2 Å². The summed E-state index contributed by atoms with van der Waals surface area (Å²) < 4.78 is 56.3. The summed E-state index contributed by atoms with van der Waals surface area (Å²) in [6.45, 7) is 3.19. The van der Waals surface area contributed by atoms with Gasteiger partial charge in [0, 0.05) is 48.7 Å². The molecule has 5 unspecified atom stereocenters. The van der Waals surface area contributed by atoms with Crippen LogP contribution in [0, 0.1) is 17.3 Å². The fraction of sp³-hybridized carbons (Fsp3) is 0.568. The number of alkyl halides is 3. The Morgan fingerprint density at radius 3 is 2.26 bits per heavy atom. The molecule has 288 valence electrons. The Bertz CT molecular complexity index is 1740. The topological polar surface area (TPSA) is 200 Å². The first-order valence-corrected chi connectivity index (χ1v) is 17.7. The van der Waals surface area contributed by atoms with E-state index in [1.165, 1.54) is 31.1 Å².